The molecule has 3 aromatic rings. The molecule has 9 heteroatoms. The zero-order chi connectivity index (χ0) is 18.7. The highest BCUT2D eigenvalue weighted by atomic mass is 19.4. The van der Waals surface area contributed by atoms with E-state index in [2.05, 4.69) is 20.4 Å². The van der Waals surface area contributed by atoms with Crippen LogP contribution in [0.2, 0.25) is 0 Å². The molecule has 26 heavy (non-hydrogen) atoms. The van der Waals surface area contributed by atoms with Gasteiger partial charge < -0.3 is 9.84 Å². The predicted octanol–water partition coefficient (Wildman–Crippen LogP) is 3.39. The number of aromatic nitrogens is 3. The number of alkyl halides is 3. The van der Waals surface area contributed by atoms with E-state index in [0.29, 0.717) is 5.69 Å². The average molecular weight is 362 g/mol. The van der Waals surface area contributed by atoms with E-state index in [0.717, 1.165) is 17.7 Å². The van der Waals surface area contributed by atoms with Gasteiger partial charge in [0.15, 0.2) is 0 Å². The molecule has 2 aromatic heterocycles. The van der Waals surface area contributed by atoms with Gasteiger partial charge in [0.25, 0.3) is 5.91 Å². The van der Waals surface area contributed by atoms with Gasteiger partial charge in [-0.3, -0.25) is 9.78 Å². The standard InChI is InChI=1S/C17H13F3N4O2/c1-10-5-6-21-13(7-10)15-23-14(26-24-15)9-22-16(25)11-3-2-4-12(8-11)17(18,19)20/h2-8H,9H2,1H3,(H,22,25). The Morgan fingerprint density at radius 3 is 2.77 bits per heavy atom. The molecule has 0 aliphatic rings. The fraction of sp³-hybridized carbons (Fsp3) is 0.176. The van der Waals surface area contributed by atoms with E-state index < -0.39 is 17.6 Å². The van der Waals surface area contributed by atoms with Crippen LogP contribution in [0.1, 0.15) is 27.4 Å². The van der Waals surface area contributed by atoms with E-state index >= 15 is 0 Å². The monoisotopic (exact) mass is 362 g/mol. The molecule has 0 aliphatic carbocycles. The van der Waals surface area contributed by atoms with Gasteiger partial charge in [-0.2, -0.15) is 18.2 Å². The Labute approximate surface area is 146 Å². The summed E-state index contributed by atoms with van der Waals surface area (Å²) < 4.78 is 43.1. The van der Waals surface area contributed by atoms with Crippen LogP contribution in [0.25, 0.3) is 11.5 Å². The highest BCUT2D eigenvalue weighted by molar-refractivity contribution is 5.94. The maximum Gasteiger partial charge on any atom is 0.416 e. The largest absolute Gasteiger partial charge is 0.416 e. The molecule has 0 spiro atoms. The number of pyridine rings is 1. The minimum atomic E-state index is -4.52. The Kier molecular flexibility index (Phi) is 4.70. The normalized spacial score (nSPS) is 11.4. The Morgan fingerprint density at radius 2 is 2.04 bits per heavy atom. The van der Waals surface area contributed by atoms with Crippen molar-refractivity contribution in [3.05, 3.63) is 65.2 Å². The van der Waals surface area contributed by atoms with Crippen LogP contribution in [-0.2, 0) is 12.7 Å². The third-order valence-corrected chi connectivity index (χ3v) is 3.46. The molecular formula is C17H13F3N4O2. The van der Waals surface area contributed by atoms with Crippen molar-refractivity contribution in [2.75, 3.05) is 0 Å². The lowest BCUT2D eigenvalue weighted by molar-refractivity contribution is -0.137. The second-order valence-corrected chi connectivity index (χ2v) is 5.49. The summed E-state index contributed by atoms with van der Waals surface area (Å²) in [7, 11) is 0. The predicted molar refractivity (Wildman–Crippen MR) is 84.9 cm³/mol. The molecule has 3 rings (SSSR count). The molecule has 1 aromatic carbocycles. The number of benzene rings is 1. The average Bonchev–Trinajstić information content (AvgIpc) is 3.08. The van der Waals surface area contributed by atoms with Gasteiger partial charge in [-0.25, -0.2) is 0 Å². The van der Waals surface area contributed by atoms with Crippen molar-refractivity contribution < 1.29 is 22.5 Å². The van der Waals surface area contributed by atoms with E-state index in [1.165, 1.54) is 12.1 Å². The Balaban J connectivity index is 1.67. The van der Waals surface area contributed by atoms with Crippen molar-refractivity contribution >= 4 is 5.91 Å². The zero-order valence-corrected chi connectivity index (χ0v) is 13.5. The minimum absolute atomic E-state index is 0.111. The lowest BCUT2D eigenvalue weighted by Gasteiger charge is -2.08. The molecule has 1 amide bonds. The summed E-state index contributed by atoms with van der Waals surface area (Å²) in [6.07, 6.45) is -2.91. The SMILES string of the molecule is Cc1ccnc(-c2noc(CNC(=O)c3cccc(C(F)(F)F)c3)n2)c1. The number of aryl methyl sites for hydroxylation is 1. The van der Waals surface area contributed by atoms with Crippen molar-refractivity contribution in [2.24, 2.45) is 0 Å². The second kappa shape index (κ2) is 6.95. The van der Waals surface area contributed by atoms with Gasteiger partial charge in [-0.15, -0.1) is 0 Å². The van der Waals surface area contributed by atoms with Crippen molar-refractivity contribution in [2.45, 2.75) is 19.6 Å². The van der Waals surface area contributed by atoms with E-state index in [4.69, 9.17) is 4.52 Å². The topological polar surface area (TPSA) is 80.9 Å². The van der Waals surface area contributed by atoms with Gasteiger partial charge in [0.05, 0.1) is 12.1 Å². The van der Waals surface area contributed by atoms with E-state index in [1.54, 1.807) is 12.3 Å². The molecule has 0 radical (unpaired) electrons. The molecule has 2 heterocycles. The summed E-state index contributed by atoms with van der Waals surface area (Å²) in [5.74, 6) is -0.301. The number of carbonyl (C=O) groups is 1. The van der Waals surface area contributed by atoms with Crippen molar-refractivity contribution in [3.63, 3.8) is 0 Å². The first-order valence-corrected chi connectivity index (χ1v) is 7.54. The summed E-state index contributed by atoms with van der Waals surface area (Å²) in [4.78, 5) is 20.3. The number of rotatable bonds is 4. The maximum atomic E-state index is 12.7. The number of carbonyl (C=O) groups excluding carboxylic acids is 1. The van der Waals surface area contributed by atoms with E-state index in [1.807, 2.05) is 13.0 Å². The minimum Gasteiger partial charge on any atom is -0.343 e. The van der Waals surface area contributed by atoms with Crippen LogP contribution < -0.4 is 5.32 Å². The van der Waals surface area contributed by atoms with Gasteiger partial charge in [-0.05, 0) is 42.8 Å². The molecule has 0 unspecified atom stereocenters. The van der Waals surface area contributed by atoms with E-state index in [9.17, 15) is 18.0 Å². The van der Waals surface area contributed by atoms with Crippen LogP contribution in [-0.4, -0.2) is 21.0 Å². The first-order valence-electron chi connectivity index (χ1n) is 7.54. The zero-order valence-electron chi connectivity index (χ0n) is 13.5. The molecule has 1 N–H and O–H groups in total. The van der Waals surface area contributed by atoms with Crippen LogP contribution in [0.5, 0.6) is 0 Å². The number of nitrogens with one attached hydrogen (secondary N) is 1. The summed E-state index contributed by atoms with van der Waals surface area (Å²) in [6.45, 7) is 1.77. The lowest BCUT2D eigenvalue weighted by atomic mass is 10.1. The van der Waals surface area contributed by atoms with E-state index in [-0.39, 0.29) is 23.8 Å². The molecule has 0 bridgehead atoms. The quantitative estimate of drug-likeness (QED) is 0.769. The Hall–Kier alpha value is -3.23. The van der Waals surface area contributed by atoms with Crippen LogP contribution in [0.15, 0.2) is 47.1 Å². The summed E-state index contributed by atoms with van der Waals surface area (Å²) >= 11 is 0. The summed E-state index contributed by atoms with van der Waals surface area (Å²) in [5.41, 5.74) is 0.485. The molecule has 6 nitrogen and oxygen atoms in total. The van der Waals surface area contributed by atoms with Gasteiger partial charge in [0.2, 0.25) is 11.7 Å². The van der Waals surface area contributed by atoms with Crippen LogP contribution in [0.4, 0.5) is 13.2 Å². The molecule has 0 saturated heterocycles. The van der Waals surface area contributed by atoms with Crippen molar-refractivity contribution in [1.82, 2.24) is 20.4 Å². The van der Waals surface area contributed by atoms with Crippen molar-refractivity contribution in [1.29, 1.82) is 0 Å². The second-order valence-electron chi connectivity index (χ2n) is 5.49. The maximum absolute atomic E-state index is 12.7. The smallest absolute Gasteiger partial charge is 0.343 e. The molecule has 134 valence electrons. The van der Waals surface area contributed by atoms with Crippen LogP contribution in [0, 0.1) is 6.92 Å². The lowest BCUT2D eigenvalue weighted by Crippen LogP contribution is -2.23. The Bertz CT molecular complexity index is 938. The van der Waals surface area contributed by atoms with Crippen molar-refractivity contribution in [3.8, 4) is 11.5 Å². The van der Waals surface area contributed by atoms with Crippen LogP contribution in [0.3, 0.4) is 0 Å². The number of hydrogen-bond donors (Lipinski definition) is 1. The van der Waals surface area contributed by atoms with Gasteiger partial charge in [0, 0.05) is 11.8 Å². The van der Waals surface area contributed by atoms with Gasteiger partial charge in [-0.1, -0.05) is 11.2 Å². The first kappa shape index (κ1) is 17.6. The molecule has 0 aliphatic heterocycles. The number of halogens is 3. The Morgan fingerprint density at radius 1 is 1.23 bits per heavy atom. The van der Waals surface area contributed by atoms with Crippen LogP contribution >= 0.6 is 0 Å². The molecule has 0 fully saturated rings. The number of hydrogen-bond acceptors (Lipinski definition) is 5. The highest BCUT2D eigenvalue weighted by Gasteiger charge is 2.30. The first-order chi connectivity index (χ1) is 12.3. The number of nitrogens with zero attached hydrogens (tertiary/aromatic N) is 3. The fourth-order valence-electron chi connectivity index (χ4n) is 2.18. The third kappa shape index (κ3) is 4.05. The summed E-state index contributed by atoms with van der Waals surface area (Å²) in [5, 5.41) is 6.22. The summed E-state index contributed by atoms with van der Waals surface area (Å²) in [6, 6.07) is 7.74. The highest BCUT2D eigenvalue weighted by Crippen LogP contribution is 2.29. The molecule has 0 atom stereocenters. The van der Waals surface area contributed by atoms with Gasteiger partial charge in [0.1, 0.15) is 5.69 Å². The fourth-order valence-corrected chi connectivity index (χ4v) is 2.18. The molecule has 0 saturated carbocycles. The third-order valence-electron chi connectivity index (χ3n) is 3.46. The van der Waals surface area contributed by atoms with Gasteiger partial charge >= 0.3 is 6.18 Å². The number of amides is 1. The molecular weight excluding hydrogens is 349 g/mol.